The van der Waals surface area contributed by atoms with Crippen LogP contribution in [0.5, 0.6) is 11.5 Å². The van der Waals surface area contributed by atoms with Gasteiger partial charge in [0.1, 0.15) is 12.7 Å². The van der Waals surface area contributed by atoms with E-state index in [2.05, 4.69) is 13.8 Å². The standard InChI is InChI=1S/C16H26O2S/c1-13(2)8-6-4-3-5-7-9-14-10-17-15-11-19-12-16(15)18-14/h11-14H,3-10H2,1-2H3. The highest BCUT2D eigenvalue weighted by molar-refractivity contribution is 7.08. The molecule has 2 nitrogen and oxygen atoms in total. The second-order valence-corrected chi connectivity index (χ2v) is 6.63. The van der Waals surface area contributed by atoms with E-state index >= 15 is 0 Å². The Kier molecular flexibility index (Phi) is 6.02. The lowest BCUT2D eigenvalue weighted by Crippen LogP contribution is -2.28. The molecule has 0 bridgehead atoms. The second kappa shape index (κ2) is 7.78. The Morgan fingerprint density at radius 1 is 1.11 bits per heavy atom. The van der Waals surface area contributed by atoms with E-state index in [9.17, 15) is 0 Å². The third kappa shape index (κ3) is 5.06. The van der Waals surface area contributed by atoms with Gasteiger partial charge in [-0.3, -0.25) is 0 Å². The maximum absolute atomic E-state index is 5.92. The van der Waals surface area contributed by atoms with E-state index in [0.29, 0.717) is 0 Å². The average Bonchev–Trinajstić information content (AvgIpc) is 2.84. The first-order valence-electron chi connectivity index (χ1n) is 7.61. The highest BCUT2D eigenvalue weighted by Crippen LogP contribution is 2.36. The Bertz CT molecular complexity index is 359. The van der Waals surface area contributed by atoms with Gasteiger partial charge >= 0.3 is 0 Å². The maximum atomic E-state index is 5.92. The molecule has 108 valence electrons. The van der Waals surface area contributed by atoms with Gasteiger partial charge in [0.2, 0.25) is 0 Å². The number of unbranched alkanes of at least 4 members (excludes halogenated alkanes) is 4. The Balaban J connectivity index is 1.50. The van der Waals surface area contributed by atoms with Gasteiger partial charge < -0.3 is 9.47 Å². The minimum atomic E-state index is 0.262. The van der Waals surface area contributed by atoms with Crippen molar-refractivity contribution >= 4 is 11.3 Å². The third-order valence-electron chi connectivity index (χ3n) is 3.62. The molecule has 3 heteroatoms. The fraction of sp³-hybridized carbons (Fsp3) is 0.750. The summed E-state index contributed by atoms with van der Waals surface area (Å²) in [7, 11) is 0. The molecule has 1 aromatic heterocycles. The van der Waals surface area contributed by atoms with Crippen LogP contribution >= 0.6 is 11.3 Å². The van der Waals surface area contributed by atoms with Crippen molar-refractivity contribution in [1.82, 2.24) is 0 Å². The molecule has 0 radical (unpaired) electrons. The lowest BCUT2D eigenvalue weighted by molar-refractivity contribution is 0.0841. The van der Waals surface area contributed by atoms with E-state index < -0.39 is 0 Å². The Labute approximate surface area is 121 Å². The van der Waals surface area contributed by atoms with Crippen molar-refractivity contribution in [2.75, 3.05) is 6.61 Å². The average molecular weight is 282 g/mol. The smallest absolute Gasteiger partial charge is 0.172 e. The molecule has 0 N–H and O–H groups in total. The summed E-state index contributed by atoms with van der Waals surface area (Å²) < 4.78 is 11.6. The number of hydrogen-bond acceptors (Lipinski definition) is 3. The van der Waals surface area contributed by atoms with Gasteiger partial charge in [-0.05, 0) is 18.8 Å². The van der Waals surface area contributed by atoms with Crippen molar-refractivity contribution < 1.29 is 9.47 Å². The van der Waals surface area contributed by atoms with Crippen molar-refractivity contribution in [2.24, 2.45) is 5.92 Å². The number of thiophene rings is 1. The lowest BCUT2D eigenvalue weighted by atomic mass is 10.0. The number of ether oxygens (including phenoxy) is 2. The highest BCUT2D eigenvalue weighted by Gasteiger charge is 2.20. The van der Waals surface area contributed by atoms with Crippen LogP contribution in [0, 0.1) is 5.92 Å². The fourth-order valence-corrected chi connectivity index (χ4v) is 3.13. The quantitative estimate of drug-likeness (QED) is 0.604. The van der Waals surface area contributed by atoms with Crippen molar-refractivity contribution in [3.63, 3.8) is 0 Å². The van der Waals surface area contributed by atoms with Crippen molar-refractivity contribution in [2.45, 2.75) is 64.9 Å². The van der Waals surface area contributed by atoms with Crippen molar-refractivity contribution in [1.29, 1.82) is 0 Å². The molecule has 1 aliphatic rings. The minimum absolute atomic E-state index is 0.262. The molecule has 1 aromatic rings. The van der Waals surface area contributed by atoms with Gasteiger partial charge in [0.15, 0.2) is 11.5 Å². The van der Waals surface area contributed by atoms with Gasteiger partial charge in [-0.1, -0.05) is 46.0 Å². The minimum Gasteiger partial charge on any atom is -0.485 e. The number of fused-ring (bicyclic) bond motifs is 1. The van der Waals surface area contributed by atoms with Crippen molar-refractivity contribution in [3.8, 4) is 11.5 Å². The summed E-state index contributed by atoms with van der Waals surface area (Å²) in [6.45, 7) is 5.33. The third-order valence-corrected chi connectivity index (χ3v) is 4.32. The fourth-order valence-electron chi connectivity index (χ4n) is 2.46. The molecule has 2 rings (SSSR count). The first kappa shape index (κ1) is 14.7. The molecule has 0 saturated carbocycles. The molecule has 1 atom stereocenters. The summed E-state index contributed by atoms with van der Waals surface area (Å²) in [6, 6.07) is 0. The predicted molar refractivity (Wildman–Crippen MR) is 81.4 cm³/mol. The van der Waals surface area contributed by atoms with Gasteiger partial charge in [0, 0.05) is 10.8 Å². The van der Waals surface area contributed by atoms with Crippen LogP contribution in [0.2, 0.25) is 0 Å². The molecule has 0 fully saturated rings. The Morgan fingerprint density at radius 2 is 1.84 bits per heavy atom. The first-order valence-corrected chi connectivity index (χ1v) is 8.55. The Hall–Kier alpha value is -0.700. The molecule has 1 aliphatic heterocycles. The molecule has 1 unspecified atom stereocenters. The molecule has 0 amide bonds. The van der Waals surface area contributed by atoms with E-state index in [1.165, 1.54) is 38.5 Å². The van der Waals surface area contributed by atoms with Crippen LogP contribution in [0.1, 0.15) is 58.8 Å². The zero-order chi connectivity index (χ0) is 13.5. The SMILES string of the molecule is CC(C)CCCCCCCC1COc2cscc2O1. The molecule has 0 aliphatic carbocycles. The van der Waals surface area contributed by atoms with E-state index in [4.69, 9.17) is 9.47 Å². The van der Waals surface area contributed by atoms with Gasteiger partial charge in [-0.25, -0.2) is 0 Å². The topological polar surface area (TPSA) is 18.5 Å². The zero-order valence-corrected chi connectivity index (χ0v) is 13.0. The lowest BCUT2D eigenvalue weighted by Gasteiger charge is -2.24. The van der Waals surface area contributed by atoms with E-state index in [0.717, 1.165) is 30.4 Å². The maximum Gasteiger partial charge on any atom is 0.172 e. The van der Waals surface area contributed by atoms with Crippen LogP contribution in [0.15, 0.2) is 10.8 Å². The summed E-state index contributed by atoms with van der Waals surface area (Å²) in [5.74, 6) is 2.72. The summed E-state index contributed by atoms with van der Waals surface area (Å²) >= 11 is 1.65. The summed E-state index contributed by atoms with van der Waals surface area (Å²) in [4.78, 5) is 0. The molecular weight excluding hydrogens is 256 g/mol. The predicted octanol–water partition coefficient (Wildman–Crippen LogP) is 5.27. The summed E-state index contributed by atoms with van der Waals surface area (Å²) in [5, 5.41) is 4.05. The van der Waals surface area contributed by atoms with Crippen LogP contribution < -0.4 is 9.47 Å². The monoisotopic (exact) mass is 282 g/mol. The van der Waals surface area contributed by atoms with Crippen LogP contribution in [0.25, 0.3) is 0 Å². The molecule has 0 spiro atoms. The second-order valence-electron chi connectivity index (χ2n) is 5.89. The largest absolute Gasteiger partial charge is 0.485 e. The first-order chi connectivity index (χ1) is 9.25. The van der Waals surface area contributed by atoms with Crippen molar-refractivity contribution in [3.05, 3.63) is 10.8 Å². The van der Waals surface area contributed by atoms with Gasteiger partial charge in [0.05, 0.1) is 0 Å². The molecule has 2 heterocycles. The van der Waals surface area contributed by atoms with Crippen LogP contribution in [0.3, 0.4) is 0 Å². The zero-order valence-electron chi connectivity index (χ0n) is 12.2. The van der Waals surface area contributed by atoms with Gasteiger partial charge in [-0.2, -0.15) is 0 Å². The van der Waals surface area contributed by atoms with Crippen LogP contribution in [-0.2, 0) is 0 Å². The molecule has 0 saturated heterocycles. The van der Waals surface area contributed by atoms with Crippen LogP contribution in [-0.4, -0.2) is 12.7 Å². The van der Waals surface area contributed by atoms with E-state index in [1.54, 1.807) is 11.3 Å². The number of rotatable bonds is 8. The molecule has 19 heavy (non-hydrogen) atoms. The molecular formula is C16H26O2S. The Morgan fingerprint density at radius 3 is 2.68 bits per heavy atom. The van der Waals surface area contributed by atoms with Crippen LogP contribution in [0.4, 0.5) is 0 Å². The highest BCUT2D eigenvalue weighted by atomic mass is 32.1. The van der Waals surface area contributed by atoms with E-state index in [-0.39, 0.29) is 6.10 Å². The normalized spacial score (nSPS) is 17.9. The number of hydrogen-bond donors (Lipinski definition) is 0. The van der Waals surface area contributed by atoms with E-state index in [1.807, 2.05) is 10.8 Å². The summed E-state index contributed by atoms with van der Waals surface area (Å²) in [5.41, 5.74) is 0. The van der Waals surface area contributed by atoms with Gasteiger partial charge in [-0.15, -0.1) is 11.3 Å². The summed E-state index contributed by atoms with van der Waals surface area (Å²) in [6.07, 6.45) is 9.49. The molecule has 0 aromatic carbocycles. The van der Waals surface area contributed by atoms with Gasteiger partial charge in [0.25, 0.3) is 0 Å².